The molecule has 25 heavy (non-hydrogen) atoms. The van der Waals surface area contributed by atoms with E-state index in [1.807, 2.05) is 19.1 Å². The molecule has 1 aromatic heterocycles. The second kappa shape index (κ2) is 7.96. The van der Waals surface area contributed by atoms with Crippen molar-refractivity contribution in [1.29, 1.82) is 0 Å². The molecule has 0 aliphatic carbocycles. The predicted molar refractivity (Wildman–Crippen MR) is 101 cm³/mol. The number of aryl methyl sites for hydroxylation is 2. The molecule has 6 nitrogen and oxygen atoms in total. The molecule has 6 heteroatoms. The van der Waals surface area contributed by atoms with Gasteiger partial charge in [0.25, 0.3) is 5.56 Å². The number of benzene rings is 1. The highest BCUT2D eigenvalue weighted by Gasteiger charge is 2.18. The first-order valence-electron chi connectivity index (χ1n) is 8.60. The molecular weight excluding hydrogens is 316 g/mol. The van der Waals surface area contributed by atoms with Gasteiger partial charge in [0.05, 0.1) is 5.69 Å². The van der Waals surface area contributed by atoms with Crippen LogP contribution in [0.5, 0.6) is 0 Å². The lowest BCUT2D eigenvalue weighted by atomic mass is 10.1. The molecule has 0 saturated heterocycles. The molecule has 1 N–H and O–H groups in total. The fourth-order valence-corrected chi connectivity index (χ4v) is 2.72. The summed E-state index contributed by atoms with van der Waals surface area (Å²) in [5.74, 6) is -0.265. The first kappa shape index (κ1) is 18.7. The molecular formula is C19H26N4O2. The van der Waals surface area contributed by atoms with Gasteiger partial charge >= 0.3 is 0 Å². The Balaban J connectivity index is 2.20. The van der Waals surface area contributed by atoms with Crippen molar-refractivity contribution in [2.75, 3.05) is 23.3 Å². The molecule has 0 saturated carbocycles. The Morgan fingerprint density at radius 3 is 2.48 bits per heavy atom. The third kappa shape index (κ3) is 4.26. The lowest BCUT2D eigenvalue weighted by Crippen LogP contribution is -2.33. The molecule has 0 radical (unpaired) electrons. The number of nitrogens with one attached hydrogen (secondary N) is 1. The Morgan fingerprint density at radius 1 is 1.20 bits per heavy atom. The third-order valence-electron chi connectivity index (χ3n) is 4.30. The van der Waals surface area contributed by atoms with Crippen molar-refractivity contribution in [3.63, 3.8) is 0 Å². The maximum atomic E-state index is 12.5. The molecule has 0 spiro atoms. The van der Waals surface area contributed by atoms with E-state index in [4.69, 9.17) is 0 Å². The van der Waals surface area contributed by atoms with Crippen molar-refractivity contribution in [1.82, 2.24) is 9.78 Å². The van der Waals surface area contributed by atoms with Crippen LogP contribution in [0.4, 0.5) is 11.4 Å². The van der Waals surface area contributed by atoms with E-state index in [9.17, 15) is 9.59 Å². The fourth-order valence-electron chi connectivity index (χ4n) is 2.72. The lowest BCUT2D eigenvalue weighted by Gasteiger charge is -2.22. The van der Waals surface area contributed by atoms with Gasteiger partial charge in [-0.05, 0) is 64.4 Å². The van der Waals surface area contributed by atoms with Gasteiger partial charge in [0, 0.05) is 30.5 Å². The Bertz CT molecular complexity index is 809. The number of anilines is 2. The second-order valence-corrected chi connectivity index (χ2v) is 6.09. The molecule has 1 heterocycles. The third-order valence-corrected chi connectivity index (χ3v) is 4.30. The summed E-state index contributed by atoms with van der Waals surface area (Å²) in [5.41, 5.74) is 3.26. The van der Waals surface area contributed by atoms with E-state index in [2.05, 4.69) is 35.2 Å². The predicted octanol–water partition coefficient (Wildman–Crippen LogP) is 2.91. The molecule has 0 aliphatic rings. The molecule has 0 fully saturated rings. The number of hydrogen-bond donors (Lipinski definition) is 1. The highest BCUT2D eigenvalue weighted by Crippen LogP contribution is 2.23. The van der Waals surface area contributed by atoms with Crippen LogP contribution < -0.4 is 15.8 Å². The van der Waals surface area contributed by atoms with E-state index in [0.29, 0.717) is 5.69 Å². The SMILES string of the molecule is CCN(CC)c1ccc(NC(=O)C(C)n2nc(C)ccc2=O)c(C)c1. The van der Waals surface area contributed by atoms with Gasteiger partial charge in [-0.3, -0.25) is 9.59 Å². The van der Waals surface area contributed by atoms with E-state index in [1.165, 1.54) is 10.7 Å². The van der Waals surface area contributed by atoms with Gasteiger partial charge in [-0.2, -0.15) is 5.10 Å². The molecule has 0 aliphatic heterocycles. The zero-order chi connectivity index (χ0) is 18.6. The minimum Gasteiger partial charge on any atom is -0.372 e. The number of hydrogen-bond acceptors (Lipinski definition) is 4. The summed E-state index contributed by atoms with van der Waals surface area (Å²) >= 11 is 0. The van der Waals surface area contributed by atoms with Gasteiger partial charge in [0.1, 0.15) is 6.04 Å². The fraction of sp³-hybridized carbons (Fsp3) is 0.421. The minimum atomic E-state index is -0.686. The molecule has 2 aromatic rings. The van der Waals surface area contributed by atoms with Gasteiger partial charge in [0.15, 0.2) is 0 Å². The summed E-state index contributed by atoms with van der Waals surface area (Å²) in [6, 6.07) is 8.34. The molecule has 2 rings (SSSR count). The normalized spacial score (nSPS) is 11.9. The second-order valence-electron chi connectivity index (χ2n) is 6.09. The van der Waals surface area contributed by atoms with E-state index in [1.54, 1.807) is 19.9 Å². The highest BCUT2D eigenvalue weighted by atomic mass is 16.2. The average Bonchev–Trinajstić information content (AvgIpc) is 2.59. The maximum absolute atomic E-state index is 12.5. The highest BCUT2D eigenvalue weighted by molar-refractivity contribution is 5.94. The van der Waals surface area contributed by atoms with Gasteiger partial charge in [0.2, 0.25) is 5.91 Å². The molecule has 0 bridgehead atoms. The number of rotatable bonds is 6. The van der Waals surface area contributed by atoms with Gasteiger partial charge in [-0.15, -0.1) is 0 Å². The van der Waals surface area contributed by atoms with E-state index < -0.39 is 6.04 Å². The van der Waals surface area contributed by atoms with E-state index in [-0.39, 0.29) is 11.5 Å². The summed E-state index contributed by atoms with van der Waals surface area (Å²) in [7, 11) is 0. The zero-order valence-electron chi connectivity index (χ0n) is 15.5. The topological polar surface area (TPSA) is 67.2 Å². The van der Waals surface area contributed by atoms with Crippen molar-refractivity contribution in [2.24, 2.45) is 0 Å². The van der Waals surface area contributed by atoms with E-state index in [0.717, 1.165) is 30.0 Å². The van der Waals surface area contributed by atoms with Crippen molar-refractivity contribution >= 4 is 17.3 Å². The maximum Gasteiger partial charge on any atom is 0.267 e. The van der Waals surface area contributed by atoms with Gasteiger partial charge in [-0.25, -0.2) is 4.68 Å². The smallest absolute Gasteiger partial charge is 0.267 e. The summed E-state index contributed by atoms with van der Waals surface area (Å²) < 4.78 is 1.21. The van der Waals surface area contributed by atoms with Crippen LogP contribution in [-0.2, 0) is 4.79 Å². The standard InChI is InChI=1S/C19H26N4O2/c1-6-22(7-2)16-9-10-17(13(3)12-16)20-19(25)15(5)23-18(24)11-8-14(4)21-23/h8-12,15H,6-7H2,1-5H3,(H,20,25). The Morgan fingerprint density at radius 2 is 1.88 bits per heavy atom. The number of carbonyl (C=O) groups excluding carboxylic acids is 1. The number of amides is 1. The molecule has 1 amide bonds. The van der Waals surface area contributed by atoms with Crippen molar-refractivity contribution in [3.8, 4) is 0 Å². The average molecular weight is 342 g/mol. The van der Waals surface area contributed by atoms with Crippen LogP contribution in [0.1, 0.15) is 38.1 Å². The molecule has 1 atom stereocenters. The molecule has 134 valence electrons. The monoisotopic (exact) mass is 342 g/mol. The Hall–Kier alpha value is -2.63. The van der Waals surface area contributed by atoms with Crippen LogP contribution in [0, 0.1) is 13.8 Å². The van der Waals surface area contributed by atoms with Crippen LogP contribution in [0.3, 0.4) is 0 Å². The van der Waals surface area contributed by atoms with Crippen molar-refractivity contribution in [3.05, 3.63) is 51.9 Å². The minimum absolute atomic E-state index is 0.265. The van der Waals surface area contributed by atoms with Crippen LogP contribution in [0.15, 0.2) is 35.1 Å². The number of aromatic nitrogens is 2. The summed E-state index contributed by atoms with van der Waals surface area (Å²) in [5, 5.41) is 7.05. The largest absolute Gasteiger partial charge is 0.372 e. The lowest BCUT2D eigenvalue weighted by molar-refractivity contribution is -0.119. The quantitative estimate of drug-likeness (QED) is 0.876. The number of carbonyl (C=O) groups is 1. The first-order chi connectivity index (χ1) is 11.9. The first-order valence-corrected chi connectivity index (χ1v) is 8.60. The molecule has 1 aromatic carbocycles. The van der Waals surface area contributed by atoms with Crippen LogP contribution in [0.2, 0.25) is 0 Å². The molecule has 1 unspecified atom stereocenters. The van der Waals surface area contributed by atoms with Crippen LogP contribution in [-0.4, -0.2) is 28.8 Å². The van der Waals surface area contributed by atoms with Crippen LogP contribution in [0.25, 0.3) is 0 Å². The summed E-state index contributed by atoms with van der Waals surface area (Å²) in [4.78, 5) is 26.7. The Kier molecular flexibility index (Phi) is 5.96. The summed E-state index contributed by atoms with van der Waals surface area (Å²) in [6.45, 7) is 11.5. The Labute approximate surface area is 148 Å². The van der Waals surface area contributed by atoms with Gasteiger partial charge < -0.3 is 10.2 Å². The van der Waals surface area contributed by atoms with Crippen molar-refractivity contribution in [2.45, 2.75) is 40.7 Å². The summed E-state index contributed by atoms with van der Waals surface area (Å²) in [6.07, 6.45) is 0. The zero-order valence-corrected chi connectivity index (χ0v) is 15.5. The van der Waals surface area contributed by atoms with Gasteiger partial charge in [-0.1, -0.05) is 0 Å². The van der Waals surface area contributed by atoms with Crippen LogP contribution >= 0.6 is 0 Å². The van der Waals surface area contributed by atoms with Crippen molar-refractivity contribution < 1.29 is 4.79 Å². The number of nitrogens with zero attached hydrogens (tertiary/aromatic N) is 3. The van der Waals surface area contributed by atoms with E-state index >= 15 is 0 Å².